The molecule has 1 aromatic heterocycles. The van der Waals surface area contributed by atoms with Crippen LogP contribution in [0.15, 0.2) is 4.47 Å². The van der Waals surface area contributed by atoms with Gasteiger partial charge in [0.25, 0.3) is 0 Å². The molecule has 0 bridgehead atoms. The molecule has 1 heterocycles. The Hall–Kier alpha value is -0.150. The van der Waals surface area contributed by atoms with Gasteiger partial charge in [0.15, 0.2) is 0 Å². The standard InChI is InChI=1S/C14H20BrClN2/c1-3-9(4-2)14-17-12(10-7-5-6-8-10)11(15)13(16)18-14/h9-10H,3-8H2,1-2H3. The molecule has 18 heavy (non-hydrogen) atoms. The van der Waals surface area contributed by atoms with E-state index >= 15 is 0 Å². The fourth-order valence-electron chi connectivity index (χ4n) is 2.76. The Morgan fingerprint density at radius 1 is 1.22 bits per heavy atom. The average Bonchev–Trinajstić information content (AvgIpc) is 2.88. The molecule has 2 rings (SSSR count). The predicted octanol–water partition coefficient (Wildman–Crippen LogP) is 5.45. The highest BCUT2D eigenvalue weighted by molar-refractivity contribution is 9.10. The van der Waals surface area contributed by atoms with Crippen LogP contribution in [0.3, 0.4) is 0 Å². The summed E-state index contributed by atoms with van der Waals surface area (Å²) in [6.07, 6.45) is 7.21. The lowest BCUT2D eigenvalue weighted by atomic mass is 10.0. The molecule has 0 amide bonds. The van der Waals surface area contributed by atoms with Gasteiger partial charge in [-0.1, -0.05) is 38.3 Å². The van der Waals surface area contributed by atoms with Crippen molar-refractivity contribution in [1.82, 2.24) is 9.97 Å². The molecule has 0 atom stereocenters. The van der Waals surface area contributed by atoms with Crippen molar-refractivity contribution in [3.05, 3.63) is 21.1 Å². The summed E-state index contributed by atoms with van der Waals surface area (Å²) in [5.41, 5.74) is 1.13. The minimum Gasteiger partial charge on any atom is -0.236 e. The van der Waals surface area contributed by atoms with E-state index in [0.717, 1.165) is 28.8 Å². The first-order valence-electron chi connectivity index (χ1n) is 6.90. The molecule has 4 heteroatoms. The smallest absolute Gasteiger partial charge is 0.147 e. The fourth-order valence-corrected chi connectivity index (χ4v) is 3.44. The third-order valence-electron chi connectivity index (χ3n) is 3.95. The topological polar surface area (TPSA) is 25.8 Å². The molecule has 0 saturated heterocycles. The molecule has 1 aromatic rings. The van der Waals surface area contributed by atoms with Crippen LogP contribution in [0.4, 0.5) is 0 Å². The number of halogens is 2. The monoisotopic (exact) mass is 330 g/mol. The number of rotatable bonds is 4. The SMILES string of the molecule is CCC(CC)c1nc(Cl)c(Br)c(C2CCCC2)n1. The van der Waals surface area contributed by atoms with Crippen LogP contribution in [-0.2, 0) is 0 Å². The second-order valence-corrected chi connectivity index (χ2v) is 6.22. The first kappa shape index (κ1) is 14.3. The van der Waals surface area contributed by atoms with Gasteiger partial charge in [-0.3, -0.25) is 0 Å². The molecular formula is C14H20BrClN2. The van der Waals surface area contributed by atoms with E-state index in [1.54, 1.807) is 0 Å². The molecule has 1 aliphatic carbocycles. The van der Waals surface area contributed by atoms with Crippen LogP contribution in [0.5, 0.6) is 0 Å². The van der Waals surface area contributed by atoms with E-state index in [1.165, 1.54) is 25.7 Å². The lowest BCUT2D eigenvalue weighted by Gasteiger charge is -2.17. The molecule has 0 unspecified atom stereocenters. The Balaban J connectivity index is 2.38. The molecular weight excluding hydrogens is 312 g/mol. The van der Waals surface area contributed by atoms with Crippen molar-refractivity contribution in [3.8, 4) is 0 Å². The van der Waals surface area contributed by atoms with Crippen LogP contribution in [0, 0.1) is 0 Å². The minimum absolute atomic E-state index is 0.427. The van der Waals surface area contributed by atoms with Crippen molar-refractivity contribution < 1.29 is 0 Å². The fraction of sp³-hybridized carbons (Fsp3) is 0.714. The van der Waals surface area contributed by atoms with Gasteiger partial charge in [-0.05, 0) is 41.6 Å². The van der Waals surface area contributed by atoms with Gasteiger partial charge in [0.05, 0.1) is 10.2 Å². The lowest BCUT2D eigenvalue weighted by molar-refractivity contribution is 0.585. The Morgan fingerprint density at radius 3 is 2.39 bits per heavy atom. The summed E-state index contributed by atoms with van der Waals surface area (Å²) in [7, 11) is 0. The maximum absolute atomic E-state index is 6.26. The highest BCUT2D eigenvalue weighted by atomic mass is 79.9. The van der Waals surface area contributed by atoms with Gasteiger partial charge in [-0.2, -0.15) is 0 Å². The summed E-state index contributed by atoms with van der Waals surface area (Å²) >= 11 is 9.82. The van der Waals surface area contributed by atoms with Crippen molar-refractivity contribution in [2.24, 2.45) is 0 Å². The number of nitrogens with zero attached hydrogens (tertiary/aromatic N) is 2. The molecule has 0 aliphatic heterocycles. The molecule has 1 aliphatic rings. The zero-order valence-electron chi connectivity index (χ0n) is 11.0. The van der Waals surface area contributed by atoms with Gasteiger partial charge >= 0.3 is 0 Å². The van der Waals surface area contributed by atoms with Crippen LogP contribution < -0.4 is 0 Å². The summed E-state index contributed by atoms with van der Waals surface area (Å²) in [5, 5.41) is 0.578. The average molecular weight is 332 g/mol. The van der Waals surface area contributed by atoms with Crippen molar-refractivity contribution in [2.75, 3.05) is 0 Å². The van der Waals surface area contributed by atoms with Crippen molar-refractivity contribution in [2.45, 2.75) is 64.2 Å². The van der Waals surface area contributed by atoms with Gasteiger partial charge in [-0.15, -0.1) is 0 Å². The lowest BCUT2D eigenvalue weighted by Crippen LogP contribution is -2.08. The third-order valence-corrected chi connectivity index (χ3v) is 5.23. The summed E-state index contributed by atoms with van der Waals surface area (Å²) in [5.74, 6) is 1.92. The van der Waals surface area contributed by atoms with E-state index in [-0.39, 0.29) is 0 Å². The summed E-state index contributed by atoms with van der Waals surface area (Å²) in [6.45, 7) is 4.37. The molecule has 0 aromatic carbocycles. The maximum atomic E-state index is 6.26. The van der Waals surface area contributed by atoms with E-state index in [9.17, 15) is 0 Å². The Labute approximate surface area is 123 Å². The van der Waals surface area contributed by atoms with E-state index in [4.69, 9.17) is 16.6 Å². The van der Waals surface area contributed by atoms with Crippen molar-refractivity contribution in [3.63, 3.8) is 0 Å². The third kappa shape index (κ3) is 2.88. The quantitative estimate of drug-likeness (QED) is 0.685. The molecule has 0 spiro atoms. The van der Waals surface area contributed by atoms with Crippen LogP contribution in [-0.4, -0.2) is 9.97 Å². The molecule has 0 radical (unpaired) electrons. The van der Waals surface area contributed by atoms with E-state index < -0.39 is 0 Å². The summed E-state index contributed by atoms with van der Waals surface area (Å²) < 4.78 is 0.908. The Morgan fingerprint density at radius 2 is 1.83 bits per heavy atom. The van der Waals surface area contributed by atoms with Crippen molar-refractivity contribution in [1.29, 1.82) is 0 Å². The Kier molecular flexibility index (Phi) is 5.02. The minimum atomic E-state index is 0.427. The normalized spacial score (nSPS) is 16.7. The highest BCUT2D eigenvalue weighted by Gasteiger charge is 2.24. The maximum Gasteiger partial charge on any atom is 0.147 e. The van der Waals surface area contributed by atoms with Gasteiger partial charge in [0, 0.05) is 11.8 Å². The predicted molar refractivity (Wildman–Crippen MR) is 79.3 cm³/mol. The first-order valence-corrected chi connectivity index (χ1v) is 8.07. The Bertz CT molecular complexity index is 413. The van der Waals surface area contributed by atoms with Crippen LogP contribution >= 0.6 is 27.5 Å². The summed E-state index contributed by atoms with van der Waals surface area (Å²) in [4.78, 5) is 9.27. The second kappa shape index (κ2) is 6.33. The number of hydrogen-bond acceptors (Lipinski definition) is 2. The van der Waals surface area contributed by atoms with Gasteiger partial charge in [0.2, 0.25) is 0 Å². The molecule has 0 N–H and O–H groups in total. The zero-order chi connectivity index (χ0) is 13.1. The van der Waals surface area contributed by atoms with E-state index in [2.05, 4.69) is 34.8 Å². The van der Waals surface area contributed by atoms with Gasteiger partial charge < -0.3 is 0 Å². The number of aromatic nitrogens is 2. The molecule has 1 fully saturated rings. The summed E-state index contributed by atoms with van der Waals surface area (Å²) in [6, 6.07) is 0. The molecule has 100 valence electrons. The highest BCUT2D eigenvalue weighted by Crippen LogP contribution is 2.39. The van der Waals surface area contributed by atoms with Crippen LogP contribution in [0.1, 0.15) is 75.7 Å². The number of hydrogen-bond donors (Lipinski definition) is 0. The molecule has 2 nitrogen and oxygen atoms in total. The van der Waals surface area contributed by atoms with Gasteiger partial charge in [-0.25, -0.2) is 9.97 Å². The molecule has 1 saturated carbocycles. The van der Waals surface area contributed by atoms with E-state index in [1.807, 2.05) is 0 Å². The van der Waals surface area contributed by atoms with Crippen LogP contribution in [0.2, 0.25) is 5.15 Å². The van der Waals surface area contributed by atoms with E-state index in [0.29, 0.717) is 17.0 Å². The zero-order valence-corrected chi connectivity index (χ0v) is 13.4. The largest absolute Gasteiger partial charge is 0.236 e. The van der Waals surface area contributed by atoms with Crippen molar-refractivity contribution >= 4 is 27.5 Å². The van der Waals surface area contributed by atoms with Gasteiger partial charge in [0.1, 0.15) is 11.0 Å². The first-order chi connectivity index (χ1) is 8.67. The van der Waals surface area contributed by atoms with Crippen LogP contribution in [0.25, 0.3) is 0 Å². The second-order valence-electron chi connectivity index (χ2n) is 5.07.